The molecule has 0 amide bonds. The second-order valence-electron chi connectivity index (χ2n) is 19.0. The van der Waals surface area contributed by atoms with Gasteiger partial charge >= 0.3 is 49.4 Å². The molecule has 1 aliphatic rings. The molecule has 4 atom stereocenters. The Morgan fingerprint density at radius 2 is 0.598 bits per heavy atom. The van der Waals surface area contributed by atoms with E-state index in [1.54, 1.807) is 0 Å². The van der Waals surface area contributed by atoms with Crippen molar-refractivity contribution in [3.05, 3.63) is 189 Å². The minimum Gasteiger partial charge on any atom is -0.384 e. The van der Waals surface area contributed by atoms with E-state index in [1.807, 2.05) is 80.8 Å². The summed E-state index contributed by atoms with van der Waals surface area (Å²) in [6, 6.07) is 10.7. The zero-order chi connectivity index (χ0) is 61.7. The third-order valence-electron chi connectivity index (χ3n) is 13.6. The summed E-state index contributed by atoms with van der Waals surface area (Å²) in [4.78, 5) is 2.16. The summed E-state index contributed by atoms with van der Waals surface area (Å²) in [7, 11) is 0. The summed E-state index contributed by atoms with van der Waals surface area (Å²) in [5.41, 5.74) is -28.3. The quantitative estimate of drug-likeness (QED) is 0.0816. The van der Waals surface area contributed by atoms with Gasteiger partial charge in [-0.2, -0.15) is 127 Å². The van der Waals surface area contributed by atoms with Crippen molar-refractivity contribution in [3.63, 3.8) is 0 Å². The van der Waals surface area contributed by atoms with Crippen LogP contribution < -0.4 is 21.9 Å². The standard InChI is InChI=1S/C32H12BF24.C21H27N2O2/c34-25(35,36)13-1-14(26(37,38)39)6-21(5-13)33(22-7-15(27(40,41)42)2-16(8-22)28(43,44)45,23-9-17(29(46,47)48)3-18(10-23)30(49,50)51)24-11-19(31(52,53)54)4-20(12-24)32(55,56)57;1-16(20(24)18-9-5-3-6-10-18)22-13-14-23(15-22)17(2)21(25)19-11-7-4-8-12-19/h1-12H;3-12,15-17,20-21,24-25H,13-14H2,1-2H3/q-1;+1/t;16-,17-,20-,21-/m.0/s1. The van der Waals surface area contributed by atoms with E-state index in [-0.39, 0.29) is 12.1 Å². The lowest BCUT2D eigenvalue weighted by Crippen LogP contribution is -2.75. The van der Waals surface area contributed by atoms with E-state index in [2.05, 4.69) is 9.48 Å². The summed E-state index contributed by atoms with van der Waals surface area (Å²) >= 11 is 0. The van der Waals surface area contributed by atoms with E-state index in [0.29, 0.717) is 0 Å². The molecular formula is C53H39BF24N2O2. The van der Waals surface area contributed by atoms with Gasteiger partial charge in [-0.05, 0) is 49.2 Å². The molecule has 0 aromatic heterocycles. The van der Waals surface area contributed by atoms with Crippen molar-refractivity contribution >= 4 is 34.3 Å². The molecule has 0 saturated carbocycles. The fourth-order valence-corrected chi connectivity index (χ4v) is 9.45. The van der Waals surface area contributed by atoms with Gasteiger partial charge in [0.05, 0.1) is 44.5 Å². The first kappa shape index (κ1) is 64.3. The summed E-state index contributed by atoms with van der Waals surface area (Å²) in [6.07, 6.45) is -53.8. The molecule has 1 aliphatic heterocycles. The number of hydrogen-bond acceptors (Lipinski definition) is 3. The molecule has 0 spiro atoms. The Kier molecular flexibility index (Phi) is 17.8. The molecule has 29 heteroatoms. The number of aliphatic hydroxyl groups is 2. The average molecular weight is 1200 g/mol. The van der Waals surface area contributed by atoms with Crippen molar-refractivity contribution in [2.24, 2.45) is 0 Å². The molecule has 6 aromatic rings. The Balaban J connectivity index is 0.000000357. The number of halogens is 24. The van der Waals surface area contributed by atoms with Crippen molar-refractivity contribution in [2.75, 3.05) is 13.1 Å². The van der Waals surface area contributed by atoms with Gasteiger partial charge in [-0.3, -0.25) is 9.48 Å². The first-order valence-corrected chi connectivity index (χ1v) is 23.5. The number of rotatable bonds is 10. The number of alkyl halides is 24. The predicted octanol–water partition coefficient (Wildman–Crippen LogP) is 13.8. The van der Waals surface area contributed by atoms with Crippen LogP contribution in [-0.2, 0) is 49.4 Å². The van der Waals surface area contributed by atoms with Crippen molar-refractivity contribution in [3.8, 4) is 0 Å². The largest absolute Gasteiger partial charge is 0.416 e. The molecule has 1 heterocycles. The maximum atomic E-state index is 14.2. The van der Waals surface area contributed by atoms with Crippen LogP contribution in [0, 0.1) is 0 Å². The lowest BCUT2D eigenvalue weighted by molar-refractivity contribution is -0.561. The Labute approximate surface area is 448 Å². The molecular weight excluding hydrogens is 1160 g/mol. The second kappa shape index (κ2) is 22.7. The minimum absolute atomic E-state index is 0.0199. The summed E-state index contributed by atoms with van der Waals surface area (Å²) in [5, 5.41) is 21.3. The van der Waals surface area contributed by atoms with Gasteiger partial charge in [0.15, 0.2) is 0 Å². The van der Waals surface area contributed by atoms with E-state index < -0.39 is 207 Å². The predicted molar refractivity (Wildman–Crippen MR) is 250 cm³/mol. The average Bonchev–Trinajstić information content (AvgIpc) is 1.17. The van der Waals surface area contributed by atoms with Crippen LogP contribution in [0.3, 0.4) is 0 Å². The lowest BCUT2D eigenvalue weighted by Gasteiger charge is -2.46. The fraction of sp³-hybridized carbons (Fsp3) is 0.302. The summed E-state index contributed by atoms with van der Waals surface area (Å²) < 4.78 is 343. The highest BCUT2D eigenvalue weighted by Gasteiger charge is 2.47. The van der Waals surface area contributed by atoms with E-state index >= 15 is 0 Å². The van der Waals surface area contributed by atoms with Gasteiger partial charge in [-0.25, -0.2) is 0 Å². The molecule has 0 aliphatic carbocycles. The first-order valence-electron chi connectivity index (χ1n) is 23.5. The van der Waals surface area contributed by atoms with Gasteiger partial charge in [0.25, 0.3) is 0 Å². The van der Waals surface area contributed by atoms with E-state index in [9.17, 15) is 116 Å². The van der Waals surface area contributed by atoms with Crippen molar-refractivity contribution in [2.45, 2.75) is 87.5 Å². The molecule has 444 valence electrons. The second-order valence-corrected chi connectivity index (χ2v) is 19.0. The van der Waals surface area contributed by atoms with Crippen molar-refractivity contribution < 1.29 is 120 Å². The van der Waals surface area contributed by atoms with Gasteiger partial charge < -0.3 is 10.2 Å². The number of hydrogen-bond donors (Lipinski definition) is 2. The van der Waals surface area contributed by atoms with Crippen LogP contribution in [0.4, 0.5) is 105 Å². The van der Waals surface area contributed by atoms with Crippen LogP contribution >= 0.6 is 0 Å². The molecule has 0 fully saturated rings. The number of aliphatic hydroxyl groups excluding tert-OH is 2. The van der Waals surface area contributed by atoms with Crippen LogP contribution in [0.25, 0.3) is 0 Å². The lowest BCUT2D eigenvalue weighted by atomic mass is 9.12. The SMILES string of the molecule is C[C@@H]([C@H](O)c1ccccc1)N1C=[N+]([C@@H](C)[C@H](O)c2ccccc2)CC1.FC(F)(F)c1cc([B-](c2cc(C(F)(F)F)cc(C(F)(F)F)c2)(c2cc(C(F)(F)F)cc(C(F)(F)F)c2)c2cc(C(F)(F)F)cc(C(F)(F)F)c2)cc(C(F)(F)F)c1. The van der Waals surface area contributed by atoms with Crippen LogP contribution in [0.2, 0.25) is 0 Å². The van der Waals surface area contributed by atoms with Crippen LogP contribution in [0.5, 0.6) is 0 Å². The molecule has 6 aromatic carbocycles. The van der Waals surface area contributed by atoms with Crippen molar-refractivity contribution in [1.29, 1.82) is 0 Å². The highest BCUT2D eigenvalue weighted by atomic mass is 19.4. The van der Waals surface area contributed by atoms with Crippen molar-refractivity contribution in [1.82, 2.24) is 4.90 Å². The summed E-state index contributed by atoms with van der Waals surface area (Å²) in [5.74, 6) is 0. The van der Waals surface area contributed by atoms with Gasteiger partial charge in [0, 0.05) is 0 Å². The molecule has 0 bridgehead atoms. The van der Waals surface area contributed by atoms with Gasteiger partial charge in [0.2, 0.25) is 6.34 Å². The van der Waals surface area contributed by atoms with Gasteiger partial charge in [-0.15, -0.1) is 0 Å². The smallest absolute Gasteiger partial charge is 0.384 e. The highest BCUT2D eigenvalue weighted by Crippen LogP contribution is 2.42. The molecule has 2 N–H and O–H groups in total. The van der Waals surface area contributed by atoms with Gasteiger partial charge in [-0.1, -0.05) is 109 Å². The van der Waals surface area contributed by atoms with Gasteiger partial charge in [0.1, 0.15) is 43.5 Å². The van der Waals surface area contributed by atoms with E-state index in [4.69, 9.17) is 0 Å². The molecule has 0 saturated heterocycles. The Morgan fingerprint density at radius 3 is 0.829 bits per heavy atom. The fourth-order valence-electron chi connectivity index (χ4n) is 9.45. The van der Waals surface area contributed by atoms with E-state index in [0.717, 1.165) is 24.2 Å². The number of nitrogens with zero attached hydrogens (tertiary/aromatic N) is 2. The Hall–Kier alpha value is -6.91. The Morgan fingerprint density at radius 1 is 0.366 bits per heavy atom. The monoisotopic (exact) mass is 1200 g/mol. The van der Waals surface area contributed by atoms with Crippen LogP contribution in [0.15, 0.2) is 133 Å². The van der Waals surface area contributed by atoms with Crippen LogP contribution in [0.1, 0.15) is 81.7 Å². The molecule has 0 unspecified atom stereocenters. The number of benzene rings is 6. The maximum absolute atomic E-state index is 14.2. The Bertz CT molecular complexity index is 2800. The molecule has 82 heavy (non-hydrogen) atoms. The zero-order valence-corrected chi connectivity index (χ0v) is 41.4. The first-order chi connectivity index (χ1) is 37.3. The molecule has 7 rings (SSSR count). The summed E-state index contributed by atoms with van der Waals surface area (Å²) in [6.45, 7) is 5.76. The molecule has 4 nitrogen and oxygen atoms in total. The minimum atomic E-state index is -6.13. The molecule has 0 radical (unpaired) electrons. The zero-order valence-electron chi connectivity index (χ0n) is 41.4. The third-order valence-corrected chi connectivity index (χ3v) is 13.6. The maximum Gasteiger partial charge on any atom is 0.416 e. The topological polar surface area (TPSA) is 46.7 Å². The van der Waals surface area contributed by atoms with Crippen LogP contribution in [-0.4, -0.2) is 57.3 Å². The van der Waals surface area contributed by atoms with E-state index in [1.165, 1.54) is 0 Å². The highest BCUT2D eigenvalue weighted by molar-refractivity contribution is 7.20. The normalized spacial score (nSPS) is 15.8. The third kappa shape index (κ3) is 14.5.